The highest BCUT2D eigenvalue weighted by Crippen LogP contribution is 2.23. The molecule has 0 aromatic heterocycles. The number of carbonyl (C=O) groups excluding carboxylic acids is 2. The van der Waals surface area contributed by atoms with Crippen LogP contribution in [0.15, 0.2) is 11.3 Å². The number of aliphatic hydroxyl groups excluding tert-OH is 2. The van der Waals surface area contributed by atoms with Gasteiger partial charge in [0, 0.05) is 5.57 Å². The summed E-state index contributed by atoms with van der Waals surface area (Å²) in [7, 11) is 0. The molecule has 0 heterocycles. The van der Waals surface area contributed by atoms with Gasteiger partial charge in [-0.1, -0.05) is 19.8 Å². The molecular weight excluding hydrogens is 196 g/mol. The summed E-state index contributed by atoms with van der Waals surface area (Å²) in [5, 5.41) is 18.9. The minimum Gasteiger partial charge on any atom is -0.504 e. The monoisotopic (exact) mass is 212 g/mol. The van der Waals surface area contributed by atoms with Gasteiger partial charge in [-0.2, -0.15) is 0 Å². The van der Waals surface area contributed by atoms with Gasteiger partial charge >= 0.3 is 0 Å². The molecule has 1 unspecified atom stereocenters. The Morgan fingerprint density at radius 3 is 2.60 bits per heavy atom. The first kappa shape index (κ1) is 11.9. The normalized spacial score (nSPS) is 22.4. The third-order valence-corrected chi connectivity index (χ3v) is 2.59. The first-order valence-corrected chi connectivity index (χ1v) is 5.24. The van der Waals surface area contributed by atoms with Crippen LogP contribution in [0.2, 0.25) is 0 Å². The number of unbranched alkanes of at least 4 members (excludes halogenated alkanes) is 2. The quantitative estimate of drug-likeness (QED) is 0.543. The van der Waals surface area contributed by atoms with Gasteiger partial charge in [0.25, 0.3) is 0 Å². The SMILES string of the molecule is CCCCCC1=C(O)C(=O)CC(=O)C1O. The van der Waals surface area contributed by atoms with E-state index in [2.05, 4.69) is 0 Å². The molecule has 1 aliphatic rings. The Morgan fingerprint density at radius 2 is 2.00 bits per heavy atom. The van der Waals surface area contributed by atoms with Crippen molar-refractivity contribution in [2.45, 2.75) is 45.1 Å². The molecule has 0 spiro atoms. The van der Waals surface area contributed by atoms with Gasteiger partial charge in [0.05, 0.1) is 6.42 Å². The number of carbonyl (C=O) groups is 2. The molecule has 0 saturated heterocycles. The second-order valence-electron chi connectivity index (χ2n) is 3.80. The van der Waals surface area contributed by atoms with E-state index >= 15 is 0 Å². The predicted octanol–water partition coefficient (Wildman–Crippen LogP) is 1.28. The fourth-order valence-corrected chi connectivity index (χ4v) is 1.66. The van der Waals surface area contributed by atoms with Crippen molar-refractivity contribution in [3.63, 3.8) is 0 Å². The van der Waals surface area contributed by atoms with E-state index in [4.69, 9.17) is 0 Å². The smallest absolute Gasteiger partial charge is 0.204 e. The van der Waals surface area contributed by atoms with E-state index in [1.807, 2.05) is 6.92 Å². The highest BCUT2D eigenvalue weighted by Gasteiger charge is 2.32. The molecule has 0 bridgehead atoms. The van der Waals surface area contributed by atoms with Crippen LogP contribution >= 0.6 is 0 Å². The molecular formula is C11H16O4. The lowest BCUT2D eigenvalue weighted by atomic mass is 9.89. The second kappa shape index (κ2) is 5.07. The molecule has 0 aliphatic heterocycles. The summed E-state index contributed by atoms with van der Waals surface area (Å²) >= 11 is 0. The molecule has 0 radical (unpaired) electrons. The molecule has 0 amide bonds. The highest BCUT2D eigenvalue weighted by atomic mass is 16.3. The third-order valence-electron chi connectivity index (χ3n) is 2.59. The van der Waals surface area contributed by atoms with Crippen molar-refractivity contribution in [2.24, 2.45) is 0 Å². The first-order chi connectivity index (χ1) is 7.07. The fourth-order valence-electron chi connectivity index (χ4n) is 1.66. The predicted molar refractivity (Wildman–Crippen MR) is 54.4 cm³/mol. The standard InChI is InChI=1S/C11H16O4/c1-2-3-4-5-7-10(14)8(12)6-9(13)11(7)15/h10,14-15H,2-6H2,1H3. The summed E-state index contributed by atoms with van der Waals surface area (Å²) < 4.78 is 0. The molecule has 0 fully saturated rings. The summed E-state index contributed by atoms with van der Waals surface area (Å²) in [5.74, 6) is -1.49. The van der Waals surface area contributed by atoms with Crippen LogP contribution in [-0.4, -0.2) is 27.9 Å². The lowest BCUT2D eigenvalue weighted by Gasteiger charge is -2.19. The Balaban J connectivity index is 2.75. The Hall–Kier alpha value is -1.16. The van der Waals surface area contributed by atoms with E-state index in [1.54, 1.807) is 0 Å². The van der Waals surface area contributed by atoms with Crippen molar-refractivity contribution in [2.75, 3.05) is 0 Å². The van der Waals surface area contributed by atoms with Crippen molar-refractivity contribution in [3.8, 4) is 0 Å². The van der Waals surface area contributed by atoms with Crippen LogP contribution < -0.4 is 0 Å². The molecule has 0 aromatic rings. The van der Waals surface area contributed by atoms with Gasteiger partial charge in [-0.25, -0.2) is 0 Å². The lowest BCUT2D eigenvalue weighted by Crippen LogP contribution is -2.32. The fraction of sp³-hybridized carbons (Fsp3) is 0.636. The van der Waals surface area contributed by atoms with Gasteiger partial charge in [-0.15, -0.1) is 0 Å². The molecule has 84 valence electrons. The van der Waals surface area contributed by atoms with Gasteiger partial charge in [-0.05, 0) is 12.8 Å². The van der Waals surface area contributed by atoms with Crippen molar-refractivity contribution >= 4 is 11.6 Å². The van der Waals surface area contributed by atoms with E-state index in [-0.39, 0.29) is 12.0 Å². The average Bonchev–Trinajstić information content (AvgIpc) is 2.20. The summed E-state index contributed by atoms with van der Waals surface area (Å²) in [6.45, 7) is 2.03. The van der Waals surface area contributed by atoms with Crippen LogP contribution in [0, 0.1) is 0 Å². The number of ketones is 2. The van der Waals surface area contributed by atoms with Gasteiger partial charge in [0.15, 0.2) is 11.5 Å². The zero-order valence-corrected chi connectivity index (χ0v) is 8.82. The van der Waals surface area contributed by atoms with Gasteiger partial charge in [0.2, 0.25) is 5.78 Å². The van der Waals surface area contributed by atoms with Crippen LogP contribution in [0.25, 0.3) is 0 Å². The third kappa shape index (κ3) is 2.65. The van der Waals surface area contributed by atoms with Crippen LogP contribution in [-0.2, 0) is 9.59 Å². The number of aliphatic hydroxyl groups is 2. The second-order valence-corrected chi connectivity index (χ2v) is 3.80. The van der Waals surface area contributed by atoms with Gasteiger partial charge < -0.3 is 10.2 Å². The van der Waals surface area contributed by atoms with Crippen LogP contribution in [0.4, 0.5) is 0 Å². The average molecular weight is 212 g/mol. The molecule has 1 aliphatic carbocycles. The number of allylic oxidation sites excluding steroid dienone is 1. The summed E-state index contributed by atoms with van der Waals surface area (Å²) in [6.07, 6.45) is 1.48. The molecule has 0 aromatic carbocycles. The van der Waals surface area contributed by atoms with Gasteiger partial charge in [-0.3, -0.25) is 9.59 Å². The zero-order chi connectivity index (χ0) is 11.4. The Morgan fingerprint density at radius 1 is 1.33 bits per heavy atom. The van der Waals surface area contributed by atoms with Crippen LogP contribution in [0.1, 0.15) is 39.0 Å². The molecule has 1 rings (SSSR count). The maximum atomic E-state index is 11.2. The van der Waals surface area contributed by atoms with E-state index in [9.17, 15) is 19.8 Å². The zero-order valence-electron chi connectivity index (χ0n) is 8.82. The van der Waals surface area contributed by atoms with Crippen LogP contribution in [0.3, 0.4) is 0 Å². The van der Waals surface area contributed by atoms with Crippen molar-refractivity contribution in [3.05, 3.63) is 11.3 Å². The summed E-state index contributed by atoms with van der Waals surface area (Å²) in [4.78, 5) is 22.3. The van der Waals surface area contributed by atoms with E-state index in [0.29, 0.717) is 6.42 Å². The van der Waals surface area contributed by atoms with Crippen molar-refractivity contribution < 1.29 is 19.8 Å². The minimum absolute atomic E-state index is 0.199. The summed E-state index contributed by atoms with van der Waals surface area (Å²) in [6, 6.07) is 0. The molecule has 4 nitrogen and oxygen atoms in total. The lowest BCUT2D eigenvalue weighted by molar-refractivity contribution is -0.132. The Kier molecular flexibility index (Phi) is 4.03. The van der Waals surface area contributed by atoms with E-state index in [0.717, 1.165) is 19.3 Å². The number of rotatable bonds is 4. The summed E-state index contributed by atoms with van der Waals surface area (Å²) in [5.41, 5.74) is 0.199. The topological polar surface area (TPSA) is 74.6 Å². The maximum Gasteiger partial charge on any atom is 0.204 e. The molecule has 4 heteroatoms. The van der Waals surface area contributed by atoms with Gasteiger partial charge in [0.1, 0.15) is 6.10 Å². The highest BCUT2D eigenvalue weighted by molar-refractivity contribution is 6.12. The number of hydrogen-bond acceptors (Lipinski definition) is 4. The minimum atomic E-state index is -1.28. The number of hydrogen-bond donors (Lipinski definition) is 2. The Bertz CT molecular complexity index is 304. The molecule has 15 heavy (non-hydrogen) atoms. The Labute approximate surface area is 88.6 Å². The largest absolute Gasteiger partial charge is 0.504 e. The first-order valence-electron chi connectivity index (χ1n) is 5.24. The number of Topliss-reactive ketones (excluding diaryl/α,β-unsaturated/α-hetero) is 2. The van der Waals surface area contributed by atoms with E-state index < -0.39 is 23.4 Å². The molecule has 1 atom stereocenters. The maximum absolute atomic E-state index is 11.2. The van der Waals surface area contributed by atoms with Crippen molar-refractivity contribution in [1.29, 1.82) is 0 Å². The van der Waals surface area contributed by atoms with E-state index in [1.165, 1.54) is 0 Å². The van der Waals surface area contributed by atoms with Crippen LogP contribution in [0.5, 0.6) is 0 Å². The van der Waals surface area contributed by atoms with Crippen molar-refractivity contribution in [1.82, 2.24) is 0 Å². The molecule has 0 saturated carbocycles. The molecule has 2 N–H and O–H groups in total.